The summed E-state index contributed by atoms with van der Waals surface area (Å²) in [6.07, 6.45) is 6.45. The van der Waals surface area contributed by atoms with Gasteiger partial charge in [-0.2, -0.15) is 0 Å². The van der Waals surface area contributed by atoms with E-state index in [0.29, 0.717) is 28.8 Å². The topological polar surface area (TPSA) is 49.4 Å². The number of halogens is 2. The van der Waals surface area contributed by atoms with Crippen LogP contribution < -0.4 is 5.32 Å². The number of carbonyl (C=O) groups is 2. The number of benzene rings is 2. The normalized spacial score (nSPS) is 15.2. The Bertz CT molecular complexity index is 969. The first-order chi connectivity index (χ1) is 16.2. The molecule has 0 spiro atoms. The first kappa shape index (κ1) is 26.6. The zero-order chi connectivity index (χ0) is 24.7. The highest BCUT2D eigenvalue weighted by atomic mass is 35.5. The Hall–Kier alpha value is -2.04. The van der Waals surface area contributed by atoms with E-state index in [1.54, 1.807) is 24.0 Å². The Morgan fingerprint density at radius 1 is 1.00 bits per heavy atom. The molecule has 1 aliphatic carbocycles. The van der Waals surface area contributed by atoms with E-state index < -0.39 is 6.04 Å². The molecule has 1 N–H and O–H groups in total. The van der Waals surface area contributed by atoms with Crippen LogP contribution in [0.15, 0.2) is 42.5 Å². The fraction of sp³-hybridized carbons (Fsp3) is 0.500. The van der Waals surface area contributed by atoms with Crippen LogP contribution in [0.3, 0.4) is 0 Å². The van der Waals surface area contributed by atoms with Gasteiger partial charge < -0.3 is 10.2 Å². The van der Waals surface area contributed by atoms with E-state index in [1.165, 1.54) is 12.0 Å². The molecule has 3 rings (SSSR count). The average Bonchev–Trinajstić information content (AvgIpc) is 2.82. The molecule has 0 bridgehead atoms. The van der Waals surface area contributed by atoms with Gasteiger partial charge in [0.2, 0.25) is 11.8 Å². The second-order valence-corrected chi connectivity index (χ2v) is 10.5. The molecular formula is C28H36Cl2N2O2. The predicted octanol–water partition coefficient (Wildman–Crippen LogP) is 6.92. The molecule has 1 saturated carbocycles. The monoisotopic (exact) mass is 502 g/mol. The van der Waals surface area contributed by atoms with E-state index in [1.807, 2.05) is 6.07 Å². The van der Waals surface area contributed by atoms with E-state index in [0.717, 1.165) is 36.8 Å². The zero-order valence-electron chi connectivity index (χ0n) is 20.4. The molecule has 0 radical (unpaired) electrons. The summed E-state index contributed by atoms with van der Waals surface area (Å²) in [6, 6.07) is 13.3. The van der Waals surface area contributed by atoms with Gasteiger partial charge in [-0.1, -0.05) is 86.6 Å². The molecule has 184 valence electrons. The maximum atomic E-state index is 13.4. The molecule has 2 aromatic rings. The minimum Gasteiger partial charge on any atom is -0.352 e. The largest absolute Gasteiger partial charge is 0.352 e. The number of rotatable bonds is 9. The zero-order valence-corrected chi connectivity index (χ0v) is 22.0. The molecule has 1 atom stereocenters. The molecular weight excluding hydrogens is 467 g/mol. The number of aryl methyl sites for hydroxylation is 1. The van der Waals surface area contributed by atoms with E-state index in [9.17, 15) is 9.59 Å². The Morgan fingerprint density at radius 2 is 1.68 bits per heavy atom. The van der Waals surface area contributed by atoms with Crippen molar-refractivity contribution in [2.75, 3.05) is 0 Å². The van der Waals surface area contributed by atoms with Crippen LogP contribution in [0.1, 0.15) is 81.9 Å². The minimum atomic E-state index is -0.593. The summed E-state index contributed by atoms with van der Waals surface area (Å²) >= 11 is 12.5. The highest BCUT2D eigenvalue weighted by Gasteiger charge is 2.28. The summed E-state index contributed by atoms with van der Waals surface area (Å²) in [7, 11) is 0. The van der Waals surface area contributed by atoms with Gasteiger partial charge in [0, 0.05) is 29.1 Å². The molecule has 0 aliphatic heterocycles. The molecule has 2 aromatic carbocycles. The number of hydrogen-bond acceptors (Lipinski definition) is 2. The van der Waals surface area contributed by atoms with Gasteiger partial charge in [0.15, 0.2) is 0 Å². The van der Waals surface area contributed by atoms with Gasteiger partial charge in [-0.05, 0) is 60.9 Å². The van der Waals surface area contributed by atoms with Crippen LogP contribution in [0.4, 0.5) is 0 Å². The summed E-state index contributed by atoms with van der Waals surface area (Å²) in [4.78, 5) is 28.1. The lowest BCUT2D eigenvalue weighted by atomic mass is 9.95. The third kappa shape index (κ3) is 7.48. The Kier molecular flexibility index (Phi) is 9.85. The Balaban J connectivity index is 1.72. The van der Waals surface area contributed by atoms with Crippen molar-refractivity contribution in [2.24, 2.45) is 0 Å². The smallest absolute Gasteiger partial charge is 0.242 e. The molecule has 4 nitrogen and oxygen atoms in total. The van der Waals surface area contributed by atoms with Gasteiger partial charge >= 0.3 is 0 Å². The number of carbonyl (C=O) groups excluding carboxylic acids is 2. The van der Waals surface area contributed by atoms with Crippen molar-refractivity contribution in [1.29, 1.82) is 0 Å². The van der Waals surface area contributed by atoms with Crippen LogP contribution in [0.5, 0.6) is 0 Å². The number of nitrogens with one attached hydrogen (secondary N) is 1. The van der Waals surface area contributed by atoms with E-state index in [2.05, 4.69) is 43.4 Å². The molecule has 6 heteroatoms. The molecule has 34 heavy (non-hydrogen) atoms. The fourth-order valence-corrected chi connectivity index (χ4v) is 4.92. The Morgan fingerprint density at radius 3 is 2.29 bits per heavy atom. The van der Waals surface area contributed by atoms with Crippen molar-refractivity contribution in [3.05, 3.63) is 69.2 Å². The van der Waals surface area contributed by atoms with Gasteiger partial charge in [0.1, 0.15) is 6.04 Å². The van der Waals surface area contributed by atoms with Crippen molar-refractivity contribution >= 4 is 35.0 Å². The maximum absolute atomic E-state index is 13.4. The van der Waals surface area contributed by atoms with E-state index in [-0.39, 0.29) is 24.4 Å². The van der Waals surface area contributed by atoms with Crippen LogP contribution in [0.25, 0.3) is 0 Å². The lowest BCUT2D eigenvalue weighted by molar-refractivity contribution is -0.141. The van der Waals surface area contributed by atoms with Gasteiger partial charge in [-0.25, -0.2) is 0 Å². The van der Waals surface area contributed by atoms with Crippen LogP contribution in [0, 0.1) is 0 Å². The second kappa shape index (κ2) is 12.6. The summed E-state index contributed by atoms with van der Waals surface area (Å²) in [6.45, 7) is 6.40. The molecule has 1 unspecified atom stereocenters. The molecule has 0 saturated heterocycles. The highest BCUT2D eigenvalue weighted by molar-refractivity contribution is 6.35. The SMILES string of the molecule is CC(C)c1ccc(CCC(=O)N(Cc2ccc(Cl)cc2Cl)C(C)C(=O)NC2CCCCC2)cc1. The second-order valence-electron chi connectivity index (χ2n) is 9.67. The lowest BCUT2D eigenvalue weighted by Gasteiger charge is -2.31. The fourth-order valence-electron chi connectivity index (χ4n) is 4.45. The molecule has 1 fully saturated rings. The summed E-state index contributed by atoms with van der Waals surface area (Å²) in [5.41, 5.74) is 3.17. The van der Waals surface area contributed by atoms with Crippen molar-refractivity contribution in [2.45, 2.75) is 90.3 Å². The number of amides is 2. The molecule has 0 aromatic heterocycles. The van der Waals surface area contributed by atoms with Crippen molar-refractivity contribution in [3.63, 3.8) is 0 Å². The lowest BCUT2D eigenvalue weighted by Crippen LogP contribution is -2.50. The van der Waals surface area contributed by atoms with E-state index in [4.69, 9.17) is 23.2 Å². The highest BCUT2D eigenvalue weighted by Crippen LogP contribution is 2.24. The van der Waals surface area contributed by atoms with Crippen molar-refractivity contribution in [3.8, 4) is 0 Å². The van der Waals surface area contributed by atoms with Gasteiger partial charge in [0.05, 0.1) is 0 Å². The molecule has 0 heterocycles. The van der Waals surface area contributed by atoms with Gasteiger partial charge in [0.25, 0.3) is 0 Å². The minimum absolute atomic E-state index is 0.0646. The first-order valence-corrected chi connectivity index (χ1v) is 13.1. The standard InChI is InChI=1S/C28H36Cl2N2O2/c1-19(2)22-12-9-21(10-13-22)11-16-27(33)32(18-23-14-15-24(29)17-26(23)30)20(3)28(34)31-25-7-5-4-6-8-25/h9-10,12-15,17,19-20,25H,4-8,11,16,18H2,1-3H3,(H,31,34). The van der Waals surface area contributed by atoms with Crippen LogP contribution in [-0.2, 0) is 22.6 Å². The number of nitrogens with zero attached hydrogens (tertiary/aromatic N) is 1. The van der Waals surface area contributed by atoms with Crippen molar-refractivity contribution in [1.82, 2.24) is 10.2 Å². The van der Waals surface area contributed by atoms with Gasteiger partial charge in [-0.15, -0.1) is 0 Å². The maximum Gasteiger partial charge on any atom is 0.242 e. The van der Waals surface area contributed by atoms with Crippen LogP contribution >= 0.6 is 23.2 Å². The summed E-state index contributed by atoms with van der Waals surface area (Å²) < 4.78 is 0. The van der Waals surface area contributed by atoms with Crippen molar-refractivity contribution < 1.29 is 9.59 Å². The van der Waals surface area contributed by atoms with Crippen LogP contribution in [0.2, 0.25) is 10.0 Å². The third-order valence-corrected chi connectivity index (χ3v) is 7.34. The molecule has 1 aliphatic rings. The Labute approximate surface area is 214 Å². The summed E-state index contributed by atoms with van der Waals surface area (Å²) in [5, 5.41) is 4.20. The van der Waals surface area contributed by atoms with Crippen LogP contribution in [-0.4, -0.2) is 28.8 Å². The summed E-state index contributed by atoms with van der Waals surface area (Å²) in [5.74, 6) is 0.302. The first-order valence-electron chi connectivity index (χ1n) is 12.4. The van der Waals surface area contributed by atoms with E-state index >= 15 is 0 Å². The molecule has 2 amide bonds. The third-order valence-electron chi connectivity index (χ3n) is 6.75. The predicted molar refractivity (Wildman–Crippen MR) is 140 cm³/mol. The number of hydrogen-bond donors (Lipinski definition) is 1. The quantitative estimate of drug-likeness (QED) is 0.404. The van der Waals surface area contributed by atoms with Gasteiger partial charge in [-0.3, -0.25) is 9.59 Å². The average molecular weight is 504 g/mol.